The molecule has 1 amide bonds. The summed E-state index contributed by atoms with van der Waals surface area (Å²) >= 11 is 0. The third-order valence-corrected chi connectivity index (χ3v) is 4.74. The Morgan fingerprint density at radius 2 is 1.89 bits per heavy atom. The third kappa shape index (κ3) is 7.19. The quantitative estimate of drug-likeness (QED) is 0.386. The van der Waals surface area contributed by atoms with Crippen molar-refractivity contribution < 1.29 is 9.53 Å². The maximum atomic E-state index is 12.3. The van der Waals surface area contributed by atoms with Crippen LogP contribution in [0.1, 0.15) is 36.2 Å². The van der Waals surface area contributed by atoms with E-state index in [0.717, 1.165) is 64.5 Å². The van der Waals surface area contributed by atoms with E-state index in [1.165, 1.54) is 0 Å². The molecule has 1 heterocycles. The van der Waals surface area contributed by atoms with Gasteiger partial charge < -0.3 is 20.7 Å². The molecule has 27 heavy (non-hydrogen) atoms. The summed E-state index contributed by atoms with van der Waals surface area (Å²) in [5.41, 5.74) is 7.68. The zero-order chi connectivity index (χ0) is 19.5. The SMILES string of the molecule is CCN(CC)C(=O)c1ccc(CN=C(N)NCCCN2CCOCC2)cc1. The normalized spacial score (nSPS) is 15.6. The minimum atomic E-state index is 0.0662. The number of hydrogen-bond acceptors (Lipinski definition) is 4. The van der Waals surface area contributed by atoms with Gasteiger partial charge in [0.2, 0.25) is 0 Å². The fourth-order valence-electron chi connectivity index (χ4n) is 3.02. The maximum absolute atomic E-state index is 12.3. The van der Waals surface area contributed by atoms with Crippen molar-refractivity contribution in [3.8, 4) is 0 Å². The lowest BCUT2D eigenvalue weighted by Gasteiger charge is -2.26. The lowest BCUT2D eigenvalue weighted by atomic mass is 10.1. The van der Waals surface area contributed by atoms with Crippen molar-refractivity contribution >= 4 is 11.9 Å². The Morgan fingerprint density at radius 1 is 1.22 bits per heavy atom. The average Bonchev–Trinajstić information content (AvgIpc) is 2.71. The van der Waals surface area contributed by atoms with Crippen molar-refractivity contribution in [2.45, 2.75) is 26.8 Å². The molecule has 1 fully saturated rings. The van der Waals surface area contributed by atoms with Crippen LogP contribution in [0.3, 0.4) is 0 Å². The highest BCUT2D eigenvalue weighted by Crippen LogP contribution is 2.09. The van der Waals surface area contributed by atoms with E-state index in [-0.39, 0.29) is 5.91 Å². The molecule has 0 aromatic heterocycles. The number of carbonyl (C=O) groups is 1. The van der Waals surface area contributed by atoms with Crippen LogP contribution in [-0.2, 0) is 11.3 Å². The topological polar surface area (TPSA) is 83.2 Å². The van der Waals surface area contributed by atoms with E-state index in [9.17, 15) is 4.79 Å². The van der Waals surface area contributed by atoms with Crippen LogP contribution >= 0.6 is 0 Å². The maximum Gasteiger partial charge on any atom is 0.253 e. The second-order valence-corrected chi connectivity index (χ2v) is 6.61. The molecule has 0 bridgehead atoms. The Labute approximate surface area is 162 Å². The number of ether oxygens (including phenoxy) is 1. The molecule has 0 radical (unpaired) electrons. The number of nitrogens with zero attached hydrogens (tertiary/aromatic N) is 3. The minimum Gasteiger partial charge on any atom is -0.379 e. The monoisotopic (exact) mass is 375 g/mol. The zero-order valence-corrected chi connectivity index (χ0v) is 16.6. The smallest absolute Gasteiger partial charge is 0.253 e. The van der Waals surface area contributed by atoms with Gasteiger partial charge in [0.05, 0.1) is 19.8 Å². The lowest BCUT2D eigenvalue weighted by Crippen LogP contribution is -2.39. The van der Waals surface area contributed by atoms with E-state index in [4.69, 9.17) is 10.5 Å². The fourth-order valence-corrected chi connectivity index (χ4v) is 3.02. The zero-order valence-electron chi connectivity index (χ0n) is 16.6. The molecule has 0 spiro atoms. The van der Waals surface area contributed by atoms with Crippen LogP contribution in [0.2, 0.25) is 0 Å². The van der Waals surface area contributed by atoms with Crippen molar-refractivity contribution in [3.05, 3.63) is 35.4 Å². The number of aliphatic imine (C=N–C) groups is 1. The highest BCUT2D eigenvalue weighted by molar-refractivity contribution is 5.94. The summed E-state index contributed by atoms with van der Waals surface area (Å²) in [6, 6.07) is 7.59. The molecular weight excluding hydrogens is 342 g/mol. The van der Waals surface area contributed by atoms with Gasteiger partial charge in [-0.3, -0.25) is 9.69 Å². The molecule has 1 aromatic rings. The predicted octanol–water partition coefficient (Wildman–Crippen LogP) is 1.30. The molecule has 7 heteroatoms. The molecule has 0 saturated carbocycles. The number of morpholine rings is 1. The highest BCUT2D eigenvalue weighted by atomic mass is 16.5. The van der Waals surface area contributed by atoms with Crippen LogP contribution in [0.4, 0.5) is 0 Å². The largest absolute Gasteiger partial charge is 0.379 e. The van der Waals surface area contributed by atoms with E-state index in [2.05, 4.69) is 15.2 Å². The van der Waals surface area contributed by atoms with E-state index in [0.29, 0.717) is 18.1 Å². The number of benzene rings is 1. The molecule has 2 rings (SSSR count). The average molecular weight is 376 g/mol. The van der Waals surface area contributed by atoms with Crippen molar-refractivity contribution in [2.24, 2.45) is 10.7 Å². The summed E-state index contributed by atoms with van der Waals surface area (Å²) < 4.78 is 5.34. The molecule has 1 aliphatic heterocycles. The van der Waals surface area contributed by atoms with Gasteiger partial charge in [-0.05, 0) is 44.5 Å². The first kappa shape index (κ1) is 21.2. The van der Waals surface area contributed by atoms with E-state index in [1.54, 1.807) is 0 Å². The van der Waals surface area contributed by atoms with Crippen molar-refractivity contribution in [2.75, 3.05) is 52.5 Å². The number of carbonyl (C=O) groups excluding carboxylic acids is 1. The first-order valence-electron chi connectivity index (χ1n) is 9.86. The summed E-state index contributed by atoms with van der Waals surface area (Å²) in [4.78, 5) is 20.9. The van der Waals surface area contributed by atoms with E-state index < -0.39 is 0 Å². The Kier molecular flexibility index (Phi) is 9.07. The molecule has 150 valence electrons. The van der Waals surface area contributed by atoms with Crippen LogP contribution in [0, 0.1) is 0 Å². The Balaban J connectivity index is 1.71. The van der Waals surface area contributed by atoms with Crippen LogP contribution in [-0.4, -0.2) is 74.1 Å². The third-order valence-electron chi connectivity index (χ3n) is 4.74. The van der Waals surface area contributed by atoms with Crippen LogP contribution in [0.25, 0.3) is 0 Å². The molecule has 0 atom stereocenters. The van der Waals surface area contributed by atoms with E-state index in [1.807, 2.05) is 43.0 Å². The number of nitrogens with two attached hydrogens (primary N) is 1. The summed E-state index contributed by atoms with van der Waals surface area (Å²) in [5.74, 6) is 0.525. The summed E-state index contributed by atoms with van der Waals surface area (Å²) in [5, 5.41) is 3.16. The Bertz CT molecular complexity index is 593. The van der Waals surface area contributed by atoms with Crippen molar-refractivity contribution in [3.63, 3.8) is 0 Å². The van der Waals surface area contributed by atoms with Crippen LogP contribution < -0.4 is 11.1 Å². The Morgan fingerprint density at radius 3 is 2.52 bits per heavy atom. The fraction of sp³-hybridized carbons (Fsp3) is 0.600. The molecule has 1 saturated heterocycles. The van der Waals surface area contributed by atoms with Gasteiger partial charge in [0, 0.05) is 38.3 Å². The summed E-state index contributed by atoms with van der Waals surface area (Å²) in [7, 11) is 0. The molecule has 3 N–H and O–H groups in total. The number of nitrogens with one attached hydrogen (secondary N) is 1. The number of guanidine groups is 1. The molecular formula is C20H33N5O2. The Hall–Kier alpha value is -2.12. The van der Waals surface area contributed by atoms with Gasteiger partial charge in [0.1, 0.15) is 0 Å². The van der Waals surface area contributed by atoms with Gasteiger partial charge in [0.15, 0.2) is 5.96 Å². The van der Waals surface area contributed by atoms with Gasteiger partial charge in [0.25, 0.3) is 5.91 Å². The van der Waals surface area contributed by atoms with Gasteiger partial charge in [-0.2, -0.15) is 0 Å². The molecule has 7 nitrogen and oxygen atoms in total. The second-order valence-electron chi connectivity index (χ2n) is 6.61. The first-order valence-corrected chi connectivity index (χ1v) is 9.86. The first-order chi connectivity index (χ1) is 13.1. The molecule has 0 unspecified atom stereocenters. The second kappa shape index (κ2) is 11.6. The van der Waals surface area contributed by atoms with Gasteiger partial charge in [-0.15, -0.1) is 0 Å². The number of hydrogen-bond donors (Lipinski definition) is 2. The van der Waals surface area contributed by atoms with Gasteiger partial charge >= 0.3 is 0 Å². The summed E-state index contributed by atoms with van der Waals surface area (Å²) in [6.45, 7) is 11.4. The molecule has 1 aliphatic rings. The standard InChI is InChI=1S/C20H33N5O2/c1-3-25(4-2)19(26)18-8-6-17(7-9-18)16-23-20(21)22-10-5-11-24-12-14-27-15-13-24/h6-9H,3-5,10-16H2,1-2H3,(H3,21,22,23). The highest BCUT2D eigenvalue weighted by Gasteiger charge is 2.12. The molecule has 1 aromatic carbocycles. The molecule has 0 aliphatic carbocycles. The van der Waals surface area contributed by atoms with Crippen LogP contribution in [0.5, 0.6) is 0 Å². The number of amides is 1. The van der Waals surface area contributed by atoms with Crippen molar-refractivity contribution in [1.29, 1.82) is 0 Å². The lowest BCUT2D eigenvalue weighted by molar-refractivity contribution is 0.0376. The number of rotatable bonds is 9. The van der Waals surface area contributed by atoms with Gasteiger partial charge in [-0.1, -0.05) is 12.1 Å². The minimum absolute atomic E-state index is 0.0662. The summed E-state index contributed by atoms with van der Waals surface area (Å²) in [6.07, 6.45) is 1.03. The van der Waals surface area contributed by atoms with Crippen LogP contribution in [0.15, 0.2) is 29.3 Å². The predicted molar refractivity (Wildman–Crippen MR) is 109 cm³/mol. The van der Waals surface area contributed by atoms with E-state index >= 15 is 0 Å². The van der Waals surface area contributed by atoms with Gasteiger partial charge in [-0.25, -0.2) is 4.99 Å². The van der Waals surface area contributed by atoms with Crippen molar-refractivity contribution in [1.82, 2.24) is 15.1 Å².